The molecule has 2 heterocycles. The molecule has 1 amide bonds. The highest BCUT2D eigenvalue weighted by Gasteiger charge is 2.12. The maximum atomic E-state index is 12.1. The van der Waals surface area contributed by atoms with E-state index in [1.165, 1.54) is 11.3 Å². The first-order chi connectivity index (χ1) is 11.3. The standard InChI is InChI=1S/C17H19N3O2S/c1-2-22-10-9-20-14-7-4-3-6-13(14)19-16(20)12-18-17(21)15-8-5-11-23-15/h3-8,11H,2,9-10,12H2,1H3,(H,18,21). The van der Waals surface area contributed by atoms with E-state index in [0.717, 1.165) is 23.4 Å². The van der Waals surface area contributed by atoms with Gasteiger partial charge in [-0.3, -0.25) is 4.79 Å². The Labute approximate surface area is 138 Å². The maximum Gasteiger partial charge on any atom is 0.261 e. The molecule has 0 aliphatic heterocycles. The van der Waals surface area contributed by atoms with Gasteiger partial charge in [0.2, 0.25) is 0 Å². The zero-order chi connectivity index (χ0) is 16.1. The second kappa shape index (κ2) is 7.39. The van der Waals surface area contributed by atoms with Gasteiger partial charge in [-0.2, -0.15) is 0 Å². The van der Waals surface area contributed by atoms with Gasteiger partial charge in [-0.05, 0) is 30.5 Å². The molecule has 3 rings (SSSR count). The van der Waals surface area contributed by atoms with Gasteiger partial charge in [0.25, 0.3) is 5.91 Å². The molecule has 1 aromatic carbocycles. The summed E-state index contributed by atoms with van der Waals surface area (Å²) in [6.07, 6.45) is 0. The number of fused-ring (bicyclic) bond motifs is 1. The fourth-order valence-corrected chi connectivity index (χ4v) is 3.10. The summed E-state index contributed by atoms with van der Waals surface area (Å²) in [5.74, 6) is 0.777. The first-order valence-electron chi connectivity index (χ1n) is 7.63. The number of imidazole rings is 1. The number of thiophene rings is 1. The summed E-state index contributed by atoms with van der Waals surface area (Å²) in [5.41, 5.74) is 2.00. The van der Waals surface area contributed by atoms with Crippen molar-refractivity contribution in [3.63, 3.8) is 0 Å². The van der Waals surface area contributed by atoms with Gasteiger partial charge in [-0.15, -0.1) is 11.3 Å². The van der Waals surface area contributed by atoms with Crippen molar-refractivity contribution >= 4 is 28.3 Å². The number of para-hydroxylation sites is 2. The number of amides is 1. The average molecular weight is 329 g/mol. The smallest absolute Gasteiger partial charge is 0.261 e. The minimum atomic E-state index is -0.0663. The number of benzene rings is 1. The van der Waals surface area contributed by atoms with Gasteiger partial charge in [-0.25, -0.2) is 4.98 Å². The molecule has 0 aliphatic rings. The van der Waals surface area contributed by atoms with Crippen LogP contribution in [0.15, 0.2) is 41.8 Å². The molecule has 0 aliphatic carbocycles. The van der Waals surface area contributed by atoms with Crippen molar-refractivity contribution in [2.75, 3.05) is 13.2 Å². The van der Waals surface area contributed by atoms with Gasteiger partial charge in [-0.1, -0.05) is 18.2 Å². The van der Waals surface area contributed by atoms with Crippen molar-refractivity contribution in [1.29, 1.82) is 0 Å². The van der Waals surface area contributed by atoms with Crippen molar-refractivity contribution in [1.82, 2.24) is 14.9 Å². The SMILES string of the molecule is CCOCCn1c(CNC(=O)c2cccs2)nc2ccccc21. The Balaban J connectivity index is 1.78. The highest BCUT2D eigenvalue weighted by atomic mass is 32.1. The molecule has 0 fully saturated rings. The van der Waals surface area contributed by atoms with E-state index in [0.29, 0.717) is 24.6 Å². The van der Waals surface area contributed by atoms with Crippen molar-refractivity contribution in [2.24, 2.45) is 0 Å². The van der Waals surface area contributed by atoms with Gasteiger partial charge in [0.15, 0.2) is 0 Å². The van der Waals surface area contributed by atoms with Crippen LogP contribution in [-0.2, 0) is 17.8 Å². The van der Waals surface area contributed by atoms with Crippen LogP contribution in [0, 0.1) is 0 Å². The molecule has 0 saturated heterocycles. The van der Waals surface area contributed by atoms with Crippen LogP contribution in [0.4, 0.5) is 0 Å². The average Bonchev–Trinajstić information content (AvgIpc) is 3.21. The van der Waals surface area contributed by atoms with Gasteiger partial charge in [0.1, 0.15) is 5.82 Å². The fourth-order valence-electron chi connectivity index (χ4n) is 2.46. The topological polar surface area (TPSA) is 56.1 Å². The van der Waals surface area contributed by atoms with Crippen molar-refractivity contribution < 1.29 is 9.53 Å². The van der Waals surface area contributed by atoms with Crippen molar-refractivity contribution in [3.05, 3.63) is 52.5 Å². The molecule has 23 heavy (non-hydrogen) atoms. The molecule has 120 valence electrons. The van der Waals surface area contributed by atoms with E-state index >= 15 is 0 Å². The lowest BCUT2D eigenvalue weighted by molar-refractivity contribution is 0.0953. The quantitative estimate of drug-likeness (QED) is 0.678. The largest absolute Gasteiger partial charge is 0.380 e. The van der Waals surface area contributed by atoms with Crippen LogP contribution in [-0.4, -0.2) is 28.7 Å². The minimum Gasteiger partial charge on any atom is -0.380 e. The van der Waals surface area contributed by atoms with Crippen LogP contribution in [0.2, 0.25) is 0 Å². The number of nitrogens with one attached hydrogen (secondary N) is 1. The highest BCUT2D eigenvalue weighted by molar-refractivity contribution is 7.12. The monoisotopic (exact) mass is 329 g/mol. The van der Waals surface area contributed by atoms with E-state index in [9.17, 15) is 4.79 Å². The Hall–Kier alpha value is -2.18. The van der Waals surface area contributed by atoms with Crippen LogP contribution in [0.3, 0.4) is 0 Å². The number of ether oxygens (including phenoxy) is 1. The normalized spacial score (nSPS) is 11.0. The summed E-state index contributed by atoms with van der Waals surface area (Å²) in [6.45, 7) is 4.42. The summed E-state index contributed by atoms with van der Waals surface area (Å²) in [5, 5.41) is 4.84. The lowest BCUT2D eigenvalue weighted by Gasteiger charge is -2.10. The Bertz CT molecular complexity index is 780. The maximum absolute atomic E-state index is 12.1. The second-order valence-corrected chi connectivity index (χ2v) is 5.97. The number of aromatic nitrogens is 2. The Morgan fingerprint density at radius 2 is 2.17 bits per heavy atom. The predicted molar refractivity (Wildman–Crippen MR) is 91.7 cm³/mol. The third-order valence-electron chi connectivity index (χ3n) is 3.55. The molecule has 0 bridgehead atoms. The number of hydrogen-bond donors (Lipinski definition) is 1. The molecule has 6 heteroatoms. The fraction of sp³-hybridized carbons (Fsp3) is 0.294. The zero-order valence-corrected chi connectivity index (χ0v) is 13.8. The summed E-state index contributed by atoms with van der Waals surface area (Å²) in [6, 6.07) is 11.7. The molecule has 0 spiro atoms. The van der Waals surface area contributed by atoms with E-state index in [1.54, 1.807) is 0 Å². The number of rotatable bonds is 7. The third kappa shape index (κ3) is 3.60. The van der Waals surface area contributed by atoms with Crippen molar-refractivity contribution in [2.45, 2.75) is 20.0 Å². The van der Waals surface area contributed by atoms with E-state index < -0.39 is 0 Å². The van der Waals surface area contributed by atoms with Gasteiger partial charge < -0.3 is 14.6 Å². The lowest BCUT2D eigenvalue weighted by atomic mass is 10.3. The number of nitrogens with zero attached hydrogens (tertiary/aromatic N) is 2. The molecule has 3 aromatic rings. The highest BCUT2D eigenvalue weighted by Crippen LogP contribution is 2.16. The number of hydrogen-bond acceptors (Lipinski definition) is 4. The van der Waals surface area contributed by atoms with E-state index in [1.807, 2.05) is 48.7 Å². The summed E-state index contributed by atoms with van der Waals surface area (Å²) < 4.78 is 7.57. The van der Waals surface area contributed by atoms with Gasteiger partial charge in [0.05, 0.1) is 29.1 Å². The third-order valence-corrected chi connectivity index (χ3v) is 4.42. The van der Waals surface area contributed by atoms with Crippen LogP contribution in [0.1, 0.15) is 22.4 Å². The van der Waals surface area contributed by atoms with Crippen LogP contribution in [0.5, 0.6) is 0 Å². The van der Waals surface area contributed by atoms with Gasteiger partial charge in [0, 0.05) is 13.2 Å². The number of carbonyl (C=O) groups excluding carboxylic acids is 1. The molecule has 0 atom stereocenters. The lowest BCUT2D eigenvalue weighted by Crippen LogP contribution is -2.24. The van der Waals surface area contributed by atoms with E-state index in [-0.39, 0.29) is 5.91 Å². The summed E-state index contributed by atoms with van der Waals surface area (Å²) in [7, 11) is 0. The molecule has 1 N–H and O–H groups in total. The van der Waals surface area contributed by atoms with Crippen LogP contribution in [0.25, 0.3) is 11.0 Å². The van der Waals surface area contributed by atoms with Crippen LogP contribution < -0.4 is 5.32 Å². The summed E-state index contributed by atoms with van der Waals surface area (Å²) >= 11 is 1.43. The number of carbonyl (C=O) groups is 1. The molecule has 0 unspecified atom stereocenters. The van der Waals surface area contributed by atoms with Gasteiger partial charge >= 0.3 is 0 Å². The van der Waals surface area contributed by atoms with Crippen LogP contribution >= 0.6 is 11.3 Å². The molecule has 2 aromatic heterocycles. The van der Waals surface area contributed by atoms with E-state index in [4.69, 9.17) is 4.74 Å². The molecular formula is C17H19N3O2S. The van der Waals surface area contributed by atoms with Crippen molar-refractivity contribution in [3.8, 4) is 0 Å². The zero-order valence-electron chi connectivity index (χ0n) is 13.0. The summed E-state index contributed by atoms with van der Waals surface area (Å²) in [4.78, 5) is 17.5. The first kappa shape index (κ1) is 15.7. The first-order valence-corrected chi connectivity index (χ1v) is 8.51. The predicted octanol–water partition coefficient (Wildman–Crippen LogP) is 3.06. The Kier molecular flexibility index (Phi) is 5.05. The molecule has 5 nitrogen and oxygen atoms in total. The minimum absolute atomic E-state index is 0.0663. The Morgan fingerprint density at radius 3 is 2.96 bits per heavy atom. The Morgan fingerprint density at radius 1 is 1.30 bits per heavy atom. The van der Waals surface area contributed by atoms with E-state index in [2.05, 4.69) is 14.9 Å². The molecule has 0 radical (unpaired) electrons. The molecule has 0 saturated carbocycles. The molecular weight excluding hydrogens is 310 g/mol. The second-order valence-electron chi connectivity index (χ2n) is 5.03.